The predicted octanol–water partition coefficient (Wildman–Crippen LogP) is 2.67. The maximum absolute atomic E-state index is 12.5. The van der Waals surface area contributed by atoms with Gasteiger partial charge in [0.2, 0.25) is 0 Å². The summed E-state index contributed by atoms with van der Waals surface area (Å²) in [5.74, 6) is 0.152. The van der Waals surface area contributed by atoms with Crippen molar-refractivity contribution in [1.82, 2.24) is 24.7 Å². The Bertz CT molecular complexity index is 1070. The first-order chi connectivity index (χ1) is 12.1. The zero-order valence-electron chi connectivity index (χ0n) is 13.6. The van der Waals surface area contributed by atoms with Crippen LogP contribution >= 0.6 is 0 Å². The van der Waals surface area contributed by atoms with Crippen LogP contribution in [0, 0.1) is 13.8 Å². The number of benzene rings is 1. The van der Waals surface area contributed by atoms with E-state index >= 15 is 0 Å². The second-order valence-corrected chi connectivity index (χ2v) is 5.65. The summed E-state index contributed by atoms with van der Waals surface area (Å²) < 4.78 is 7.14. The second-order valence-electron chi connectivity index (χ2n) is 5.65. The first kappa shape index (κ1) is 15.0. The van der Waals surface area contributed by atoms with E-state index in [0.29, 0.717) is 22.5 Å². The van der Waals surface area contributed by atoms with Crippen LogP contribution in [0.1, 0.15) is 21.5 Å². The summed E-state index contributed by atoms with van der Waals surface area (Å²) in [6, 6.07) is 7.30. The molecule has 3 aromatic heterocycles. The van der Waals surface area contributed by atoms with Crippen LogP contribution in [-0.2, 0) is 0 Å². The fourth-order valence-electron chi connectivity index (χ4n) is 2.61. The summed E-state index contributed by atoms with van der Waals surface area (Å²) in [5, 5.41) is 6.68. The van der Waals surface area contributed by atoms with Crippen LogP contribution in [0.5, 0.6) is 0 Å². The maximum Gasteiger partial charge on any atom is 0.302 e. The Labute approximate surface area is 142 Å². The van der Waals surface area contributed by atoms with E-state index in [2.05, 4.69) is 25.4 Å². The van der Waals surface area contributed by atoms with Gasteiger partial charge >= 0.3 is 6.01 Å². The molecule has 0 radical (unpaired) electrons. The Morgan fingerprint density at radius 1 is 1.24 bits per heavy atom. The van der Waals surface area contributed by atoms with Crippen molar-refractivity contribution in [3.63, 3.8) is 0 Å². The van der Waals surface area contributed by atoms with Crippen LogP contribution in [0.2, 0.25) is 0 Å². The molecule has 0 unspecified atom stereocenters. The Balaban J connectivity index is 1.62. The van der Waals surface area contributed by atoms with Crippen molar-refractivity contribution in [1.29, 1.82) is 0 Å². The Morgan fingerprint density at radius 2 is 2.12 bits per heavy atom. The van der Waals surface area contributed by atoms with Crippen molar-refractivity contribution in [2.24, 2.45) is 0 Å². The summed E-state index contributed by atoms with van der Waals surface area (Å²) >= 11 is 0. The summed E-state index contributed by atoms with van der Waals surface area (Å²) in [7, 11) is 0. The first-order valence-corrected chi connectivity index (χ1v) is 7.60. The number of hydrogen-bond acceptors (Lipinski definition) is 6. The average molecular weight is 334 g/mol. The van der Waals surface area contributed by atoms with Gasteiger partial charge in [-0.3, -0.25) is 10.1 Å². The van der Waals surface area contributed by atoms with Gasteiger partial charge in [0.05, 0.1) is 0 Å². The number of fused-ring (bicyclic) bond motifs is 1. The molecule has 0 atom stereocenters. The van der Waals surface area contributed by atoms with E-state index in [-0.39, 0.29) is 11.9 Å². The molecule has 0 bridgehead atoms. The molecule has 124 valence electrons. The van der Waals surface area contributed by atoms with E-state index in [0.717, 1.165) is 11.1 Å². The highest BCUT2D eigenvalue weighted by molar-refractivity contribution is 6.03. The van der Waals surface area contributed by atoms with E-state index in [1.165, 1.54) is 23.5 Å². The number of nitrogens with zero attached hydrogens (tertiary/aromatic N) is 5. The molecule has 4 rings (SSSR count). The molecular weight excluding hydrogens is 320 g/mol. The zero-order valence-corrected chi connectivity index (χ0v) is 13.6. The highest BCUT2D eigenvalue weighted by atomic mass is 16.4. The predicted molar refractivity (Wildman–Crippen MR) is 90.6 cm³/mol. The van der Waals surface area contributed by atoms with Crippen LogP contribution in [0.3, 0.4) is 0 Å². The fraction of sp³-hybridized carbons (Fsp3) is 0.118. The minimum atomic E-state index is -0.343. The van der Waals surface area contributed by atoms with E-state index < -0.39 is 0 Å². The third-order valence-corrected chi connectivity index (χ3v) is 3.70. The van der Waals surface area contributed by atoms with Gasteiger partial charge in [-0.1, -0.05) is 6.07 Å². The molecule has 8 heteroatoms. The van der Waals surface area contributed by atoms with Crippen LogP contribution in [0.4, 0.5) is 6.01 Å². The van der Waals surface area contributed by atoms with Crippen molar-refractivity contribution < 1.29 is 9.21 Å². The van der Waals surface area contributed by atoms with Gasteiger partial charge in [-0.05, 0) is 43.2 Å². The van der Waals surface area contributed by atoms with Gasteiger partial charge in [0.1, 0.15) is 18.2 Å². The molecule has 1 aromatic carbocycles. The van der Waals surface area contributed by atoms with Crippen molar-refractivity contribution in [2.75, 3.05) is 5.32 Å². The summed E-state index contributed by atoms with van der Waals surface area (Å²) in [5.41, 5.74) is 3.85. The molecule has 1 amide bonds. The molecule has 25 heavy (non-hydrogen) atoms. The van der Waals surface area contributed by atoms with E-state index in [1.54, 1.807) is 12.1 Å². The lowest BCUT2D eigenvalue weighted by Gasteiger charge is -2.03. The fourth-order valence-corrected chi connectivity index (χ4v) is 2.61. The molecule has 4 aromatic rings. The number of aryl methyl sites for hydroxylation is 2. The standard InChI is InChI=1S/C17H14N6O2/c1-10-5-11(2)15-13(6-10)21-17(25-15)22-16(24)12-3-4-19-14(7-12)23-9-18-8-20-23/h3-9H,1-2H3,(H,21,22,24). The number of oxazole rings is 1. The van der Waals surface area contributed by atoms with Crippen molar-refractivity contribution in [3.8, 4) is 5.82 Å². The number of carbonyl (C=O) groups is 1. The van der Waals surface area contributed by atoms with Crippen molar-refractivity contribution >= 4 is 23.0 Å². The molecule has 0 aliphatic carbocycles. The van der Waals surface area contributed by atoms with Gasteiger partial charge in [0.15, 0.2) is 11.4 Å². The summed E-state index contributed by atoms with van der Waals surface area (Å²) in [4.78, 5) is 24.8. The summed E-state index contributed by atoms with van der Waals surface area (Å²) in [6.45, 7) is 3.93. The largest absolute Gasteiger partial charge is 0.423 e. The van der Waals surface area contributed by atoms with E-state index in [9.17, 15) is 4.79 Å². The molecule has 8 nitrogen and oxygen atoms in total. The normalized spacial score (nSPS) is 11.0. The number of hydrogen-bond donors (Lipinski definition) is 1. The Hall–Kier alpha value is -3.55. The van der Waals surface area contributed by atoms with Crippen molar-refractivity contribution in [2.45, 2.75) is 13.8 Å². The smallest absolute Gasteiger partial charge is 0.302 e. The monoisotopic (exact) mass is 334 g/mol. The topological polar surface area (TPSA) is 98.7 Å². The Morgan fingerprint density at radius 3 is 2.92 bits per heavy atom. The van der Waals surface area contributed by atoms with Crippen LogP contribution in [0.15, 0.2) is 47.5 Å². The molecule has 0 saturated carbocycles. The number of anilines is 1. The molecule has 0 saturated heterocycles. The number of nitrogens with one attached hydrogen (secondary N) is 1. The van der Waals surface area contributed by atoms with Gasteiger partial charge in [-0.2, -0.15) is 10.1 Å². The van der Waals surface area contributed by atoms with Gasteiger partial charge < -0.3 is 4.42 Å². The van der Waals surface area contributed by atoms with Gasteiger partial charge in [0.25, 0.3) is 5.91 Å². The van der Waals surface area contributed by atoms with Crippen LogP contribution < -0.4 is 5.32 Å². The Kier molecular flexibility index (Phi) is 3.50. The van der Waals surface area contributed by atoms with E-state index in [4.69, 9.17) is 4.42 Å². The SMILES string of the molecule is Cc1cc(C)c2oc(NC(=O)c3ccnc(-n4cncn4)c3)nc2c1. The highest BCUT2D eigenvalue weighted by Crippen LogP contribution is 2.24. The summed E-state index contributed by atoms with van der Waals surface area (Å²) in [6.07, 6.45) is 4.44. The molecular formula is C17H14N6O2. The molecule has 0 aliphatic rings. The second kappa shape index (κ2) is 5.82. The number of pyridine rings is 1. The quantitative estimate of drug-likeness (QED) is 0.618. The minimum Gasteiger partial charge on any atom is -0.423 e. The molecule has 0 aliphatic heterocycles. The van der Waals surface area contributed by atoms with E-state index in [1.807, 2.05) is 26.0 Å². The molecule has 3 heterocycles. The minimum absolute atomic E-state index is 0.160. The third kappa shape index (κ3) is 2.85. The number of carbonyl (C=O) groups excluding carboxylic acids is 1. The lowest BCUT2D eigenvalue weighted by molar-refractivity contribution is 0.102. The number of rotatable bonds is 3. The first-order valence-electron chi connectivity index (χ1n) is 7.60. The van der Waals surface area contributed by atoms with Gasteiger partial charge in [0, 0.05) is 11.8 Å². The lowest BCUT2D eigenvalue weighted by atomic mass is 10.1. The van der Waals surface area contributed by atoms with Gasteiger partial charge in [-0.15, -0.1) is 0 Å². The average Bonchev–Trinajstić information content (AvgIpc) is 3.24. The molecule has 0 spiro atoms. The maximum atomic E-state index is 12.5. The third-order valence-electron chi connectivity index (χ3n) is 3.70. The zero-order chi connectivity index (χ0) is 17.4. The van der Waals surface area contributed by atoms with Crippen molar-refractivity contribution in [3.05, 3.63) is 59.8 Å². The number of aromatic nitrogens is 5. The molecule has 0 fully saturated rings. The van der Waals surface area contributed by atoms with Gasteiger partial charge in [-0.25, -0.2) is 14.6 Å². The lowest BCUT2D eigenvalue weighted by Crippen LogP contribution is -2.13. The van der Waals surface area contributed by atoms with Crippen LogP contribution in [0.25, 0.3) is 16.9 Å². The molecule has 1 N–H and O–H groups in total. The number of amides is 1. The highest BCUT2D eigenvalue weighted by Gasteiger charge is 2.14. The van der Waals surface area contributed by atoms with Crippen LogP contribution in [-0.4, -0.2) is 30.6 Å².